The van der Waals surface area contributed by atoms with Gasteiger partial charge in [0.15, 0.2) is 0 Å². The van der Waals surface area contributed by atoms with Gasteiger partial charge in [0.1, 0.15) is 0 Å². The molecule has 1 heterocycles. The van der Waals surface area contributed by atoms with E-state index < -0.39 is 0 Å². The van der Waals surface area contributed by atoms with Gasteiger partial charge in [-0.25, -0.2) is 0 Å². The lowest BCUT2D eigenvalue weighted by molar-refractivity contribution is -0.0362. The maximum atomic E-state index is 6.01. The van der Waals surface area contributed by atoms with Crippen molar-refractivity contribution in [3.63, 3.8) is 0 Å². The summed E-state index contributed by atoms with van der Waals surface area (Å²) in [6, 6.07) is 0.281. The van der Waals surface area contributed by atoms with Gasteiger partial charge in [0.2, 0.25) is 0 Å². The van der Waals surface area contributed by atoms with E-state index in [2.05, 4.69) is 13.8 Å². The van der Waals surface area contributed by atoms with Gasteiger partial charge < -0.3 is 10.5 Å². The molecule has 1 rings (SSSR count). The van der Waals surface area contributed by atoms with Gasteiger partial charge in [-0.05, 0) is 18.8 Å². The molecule has 2 N–H and O–H groups in total. The molecule has 0 bridgehead atoms. The maximum Gasteiger partial charge on any atom is 0.0753 e. The molecule has 2 heteroatoms. The molecule has 0 spiro atoms. The zero-order valence-corrected chi connectivity index (χ0v) is 8.25. The van der Waals surface area contributed by atoms with Gasteiger partial charge in [0.25, 0.3) is 0 Å². The second-order valence-corrected chi connectivity index (χ2v) is 3.72. The summed E-state index contributed by atoms with van der Waals surface area (Å²) in [6.45, 7) is 5.35. The van der Waals surface area contributed by atoms with Gasteiger partial charge in [-0.15, -0.1) is 0 Å². The van der Waals surface area contributed by atoms with Crippen molar-refractivity contribution in [2.45, 2.75) is 51.7 Å². The third-order valence-electron chi connectivity index (χ3n) is 2.93. The highest BCUT2D eigenvalue weighted by molar-refractivity contribution is 4.82. The van der Waals surface area contributed by atoms with Crippen molar-refractivity contribution in [2.75, 3.05) is 6.61 Å². The second kappa shape index (κ2) is 4.83. The van der Waals surface area contributed by atoms with E-state index in [0.29, 0.717) is 12.0 Å². The highest BCUT2D eigenvalue weighted by Gasteiger charge is 2.28. The van der Waals surface area contributed by atoms with Crippen molar-refractivity contribution in [1.82, 2.24) is 0 Å². The standard InChI is InChI=1S/C10H21NO/c1-3-8(4-2)10-9(11)6-5-7-12-10/h8-10H,3-7,11H2,1-2H3. The monoisotopic (exact) mass is 171 g/mol. The van der Waals surface area contributed by atoms with E-state index in [4.69, 9.17) is 10.5 Å². The molecule has 0 aromatic rings. The summed E-state index contributed by atoms with van der Waals surface area (Å²) in [4.78, 5) is 0. The number of nitrogens with two attached hydrogens (primary N) is 1. The van der Waals surface area contributed by atoms with Crippen LogP contribution in [0.3, 0.4) is 0 Å². The van der Waals surface area contributed by atoms with Gasteiger partial charge in [-0.2, -0.15) is 0 Å². The predicted octanol–water partition coefficient (Wildman–Crippen LogP) is 1.93. The number of ether oxygens (including phenoxy) is 1. The molecule has 0 saturated carbocycles. The fourth-order valence-electron chi connectivity index (χ4n) is 2.07. The van der Waals surface area contributed by atoms with Gasteiger partial charge in [-0.3, -0.25) is 0 Å². The Hall–Kier alpha value is -0.0800. The predicted molar refractivity (Wildman–Crippen MR) is 51.0 cm³/mol. The highest BCUT2D eigenvalue weighted by atomic mass is 16.5. The fraction of sp³-hybridized carbons (Fsp3) is 1.00. The summed E-state index contributed by atoms with van der Waals surface area (Å²) >= 11 is 0. The van der Waals surface area contributed by atoms with Crippen LogP contribution in [0.2, 0.25) is 0 Å². The zero-order chi connectivity index (χ0) is 8.97. The average molecular weight is 171 g/mol. The van der Waals surface area contributed by atoms with E-state index >= 15 is 0 Å². The lowest BCUT2D eigenvalue weighted by Crippen LogP contribution is -2.45. The van der Waals surface area contributed by atoms with Gasteiger partial charge >= 0.3 is 0 Å². The Morgan fingerprint density at radius 2 is 2.08 bits per heavy atom. The molecule has 1 aliphatic rings. The topological polar surface area (TPSA) is 35.2 Å². The molecule has 72 valence electrons. The van der Waals surface area contributed by atoms with Crippen LogP contribution in [0.15, 0.2) is 0 Å². The van der Waals surface area contributed by atoms with E-state index in [1.165, 1.54) is 12.8 Å². The molecular formula is C10H21NO. The highest BCUT2D eigenvalue weighted by Crippen LogP contribution is 2.23. The average Bonchev–Trinajstić information content (AvgIpc) is 2.10. The normalized spacial score (nSPS) is 31.0. The van der Waals surface area contributed by atoms with Crippen molar-refractivity contribution >= 4 is 0 Å². The van der Waals surface area contributed by atoms with Gasteiger partial charge in [0, 0.05) is 12.6 Å². The SMILES string of the molecule is CCC(CC)C1OCCCC1N. The van der Waals surface area contributed by atoms with E-state index in [9.17, 15) is 0 Å². The Morgan fingerprint density at radius 3 is 2.58 bits per heavy atom. The third kappa shape index (κ3) is 2.20. The molecule has 0 aromatic carbocycles. The maximum absolute atomic E-state index is 6.01. The molecular weight excluding hydrogens is 150 g/mol. The summed E-state index contributed by atoms with van der Waals surface area (Å²) in [7, 11) is 0. The van der Waals surface area contributed by atoms with Crippen LogP contribution in [0.5, 0.6) is 0 Å². The van der Waals surface area contributed by atoms with Crippen molar-refractivity contribution in [3.05, 3.63) is 0 Å². The van der Waals surface area contributed by atoms with E-state index in [1.807, 2.05) is 0 Å². The molecule has 1 fully saturated rings. The van der Waals surface area contributed by atoms with Crippen molar-refractivity contribution in [1.29, 1.82) is 0 Å². The summed E-state index contributed by atoms with van der Waals surface area (Å²) in [5, 5.41) is 0. The Bertz CT molecular complexity index is 123. The van der Waals surface area contributed by atoms with Crippen molar-refractivity contribution in [2.24, 2.45) is 11.7 Å². The third-order valence-corrected chi connectivity index (χ3v) is 2.93. The fourth-order valence-corrected chi connectivity index (χ4v) is 2.07. The molecule has 0 aliphatic carbocycles. The minimum Gasteiger partial charge on any atom is -0.376 e. The van der Waals surface area contributed by atoms with E-state index in [-0.39, 0.29) is 6.04 Å². The van der Waals surface area contributed by atoms with Crippen molar-refractivity contribution in [3.8, 4) is 0 Å². The van der Waals surface area contributed by atoms with E-state index in [1.54, 1.807) is 0 Å². The number of rotatable bonds is 3. The van der Waals surface area contributed by atoms with Crippen LogP contribution in [0, 0.1) is 5.92 Å². The van der Waals surface area contributed by atoms with Crippen molar-refractivity contribution < 1.29 is 4.74 Å². The Kier molecular flexibility index (Phi) is 4.02. The van der Waals surface area contributed by atoms with Crippen LogP contribution < -0.4 is 5.73 Å². The molecule has 1 aliphatic heterocycles. The van der Waals surface area contributed by atoms with Crippen LogP contribution in [0.25, 0.3) is 0 Å². The summed E-state index contributed by atoms with van der Waals surface area (Å²) in [5.41, 5.74) is 6.01. The first-order valence-electron chi connectivity index (χ1n) is 5.16. The number of hydrogen-bond donors (Lipinski definition) is 1. The molecule has 12 heavy (non-hydrogen) atoms. The lowest BCUT2D eigenvalue weighted by atomic mass is 9.88. The summed E-state index contributed by atoms with van der Waals surface area (Å²) in [5.74, 6) is 0.667. The largest absolute Gasteiger partial charge is 0.376 e. The smallest absolute Gasteiger partial charge is 0.0753 e. The Balaban J connectivity index is 2.45. The van der Waals surface area contributed by atoms with Gasteiger partial charge in [-0.1, -0.05) is 26.7 Å². The van der Waals surface area contributed by atoms with Gasteiger partial charge in [0.05, 0.1) is 6.10 Å². The van der Waals surface area contributed by atoms with Crippen LogP contribution in [-0.2, 0) is 4.74 Å². The molecule has 0 radical (unpaired) electrons. The van der Waals surface area contributed by atoms with Crippen LogP contribution in [0.4, 0.5) is 0 Å². The van der Waals surface area contributed by atoms with Crippen LogP contribution in [0.1, 0.15) is 39.5 Å². The molecule has 1 saturated heterocycles. The molecule has 0 aromatic heterocycles. The van der Waals surface area contributed by atoms with Crippen LogP contribution in [-0.4, -0.2) is 18.8 Å². The second-order valence-electron chi connectivity index (χ2n) is 3.72. The molecule has 0 amide bonds. The van der Waals surface area contributed by atoms with Crippen LogP contribution >= 0.6 is 0 Å². The first-order valence-corrected chi connectivity index (χ1v) is 5.16. The molecule has 2 atom stereocenters. The quantitative estimate of drug-likeness (QED) is 0.704. The molecule has 2 nitrogen and oxygen atoms in total. The summed E-state index contributed by atoms with van der Waals surface area (Å²) < 4.78 is 5.71. The Labute approximate surface area is 75.5 Å². The van der Waals surface area contributed by atoms with E-state index in [0.717, 1.165) is 19.4 Å². The minimum atomic E-state index is 0.281. The first kappa shape index (κ1) is 10.0. The summed E-state index contributed by atoms with van der Waals surface area (Å²) in [6.07, 6.45) is 4.98. The first-order chi connectivity index (χ1) is 5.79. The minimum absolute atomic E-state index is 0.281. The number of hydrogen-bond acceptors (Lipinski definition) is 2. The molecule has 2 unspecified atom stereocenters. The Morgan fingerprint density at radius 1 is 1.42 bits per heavy atom. The zero-order valence-electron chi connectivity index (χ0n) is 8.25. The lowest BCUT2D eigenvalue weighted by Gasteiger charge is -2.34.